The van der Waals surface area contributed by atoms with Crippen molar-refractivity contribution in [3.8, 4) is 10.6 Å². The van der Waals surface area contributed by atoms with Gasteiger partial charge in [-0.15, -0.1) is 23.1 Å². The molecule has 3 heterocycles. The average Bonchev–Trinajstić information content (AvgIpc) is 3.28. The lowest BCUT2D eigenvalue weighted by Crippen LogP contribution is -2.35. The summed E-state index contributed by atoms with van der Waals surface area (Å²) in [6.07, 6.45) is 4.34. The molecule has 0 bridgehead atoms. The summed E-state index contributed by atoms with van der Waals surface area (Å²) in [4.78, 5) is 20.4. The van der Waals surface area contributed by atoms with Crippen LogP contribution >= 0.6 is 23.1 Å². The molecular weight excluding hydrogens is 452 g/mol. The van der Waals surface area contributed by atoms with Gasteiger partial charge in [-0.25, -0.2) is 18.4 Å². The van der Waals surface area contributed by atoms with Gasteiger partial charge in [-0.1, -0.05) is 18.6 Å². The van der Waals surface area contributed by atoms with E-state index in [1.54, 1.807) is 28.6 Å². The lowest BCUT2D eigenvalue weighted by molar-refractivity contribution is 0.100. The van der Waals surface area contributed by atoms with Crippen molar-refractivity contribution in [1.29, 1.82) is 0 Å². The number of amides is 1. The second kappa shape index (κ2) is 9.47. The summed E-state index contributed by atoms with van der Waals surface area (Å²) in [5.74, 6) is 0.172. The normalized spacial score (nSPS) is 15.1. The van der Waals surface area contributed by atoms with Crippen molar-refractivity contribution < 1.29 is 13.2 Å². The van der Waals surface area contributed by atoms with Crippen LogP contribution in [0.5, 0.6) is 0 Å². The van der Waals surface area contributed by atoms with Gasteiger partial charge in [0, 0.05) is 41.5 Å². The molecule has 1 fully saturated rings. The SMILES string of the molecule is NC(=O)c1ccc(-c2nc(CSc3ccc(S(=O)(=O)N4CCCCC4)cn3)cs2)cc1. The number of primary amides is 1. The smallest absolute Gasteiger partial charge is 0.248 e. The van der Waals surface area contributed by atoms with Crippen LogP contribution in [-0.4, -0.2) is 41.7 Å². The summed E-state index contributed by atoms with van der Waals surface area (Å²) in [7, 11) is -3.46. The Kier molecular flexibility index (Phi) is 6.71. The van der Waals surface area contributed by atoms with Gasteiger partial charge in [0.05, 0.1) is 10.7 Å². The van der Waals surface area contributed by atoms with Gasteiger partial charge < -0.3 is 5.73 Å². The number of carbonyl (C=O) groups is 1. The molecule has 1 amide bonds. The number of hydrogen-bond acceptors (Lipinski definition) is 7. The van der Waals surface area contributed by atoms with E-state index >= 15 is 0 Å². The molecule has 0 saturated carbocycles. The summed E-state index contributed by atoms with van der Waals surface area (Å²) < 4.78 is 27.0. The molecule has 1 aliphatic rings. The minimum Gasteiger partial charge on any atom is -0.366 e. The fraction of sp³-hybridized carbons (Fsp3) is 0.286. The molecule has 31 heavy (non-hydrogen) atoms. The van der Waals surface area contributed by atoms with Crippen LogP contribution < -0.4 is 5.73 Å². The molecular formula is C21H22N4O3S3. The van der Waals surface area contributed by atoms with Crippen LogP contribution in [0.25, 0.3) is 10.6 Å². The van der Waals surface area contributed by atoms with Crippen LogP contribution in [0.15, 0.2) is 57.9 Å². The van der Waals surface area contributed by atoms with Crippen LogP contribution in [0, 0.1) is 0 Å². The minimum atomic E-state index is -3.46. The quantitative estimate of drug-likeness (QED) is 0.523. The molecule has 10 heteroatoms. The molecule has 0 aliphatic carbocycles. The van der Waals surface area contributed by atoms with E-state index in [-0.39, 0.29) is 4.90 Å². The van der Waals surface area contributed by atoms with Crippen molar-refractivity contribution in [3.63, 3.8) is 0 Å². The second-order valence-corrected chi connectivity index (χ2v) is 11.0. The zero-order valence-corrected chi connectivity index (χ0v) is 19.2. The third kappa shape index (κ3) is 5.15. The fourth-order valence-corrected chi connectivity index (χ4v) is 6.42. The minimum absolute atomic E-state index is 0.245. The van der Waals surface area contributed by atoms with E-state index in [0.717, 1.165) is 40.6 Å². The first-order valence-corrected chi connectivity index (χ1v) is 13.2. The molecule has 1 aromatic carbocycles. The number of aromatic nitrogens is 2. The van der Waals surface area contributed by atoms with Crippen molar-refractivity contribution in [1.82, 2.24) is 14.3 Å². The number of carbonyl (C=O) groups excluding carboxylic acids is 1. The zero-order valence-electron chi connectivity index (χ0n) is 16.7. The third-order valence-corrected chi connectivity index (χ3v) is 8.80. The maximum atomic E-state index is 12.7. The monoisotopic (exact) mass is 474 g/mol. The highest BCUT2D eigenvalue weighted by atomic mass is 32.2. The Morgan fingerprint density at radius 3 is 2.48 bits per heavy atom. The average molecular weight is 475 g/mol. The maximum absolute atomic E-state index is 12.7. The van der Waals surface area contributed by atoms with Crippen molar-refractivity contribution in [2.45, 2.75) is 34.9 Å². The van der Waals surface area contributed by atoms with Crippen LogP contribution in [0.2, 0.25) is 0 Å². The van der Waals surface area contributed by atoms with Crippen LogP contribution in [0.3, 0.4) is 0 Å². The Bertz CT molecular complexity index is 1150. The number of pyridine rings is 1. The molecule has 1 aliphatic heterocycles. The van der Waals surface area contributed by atoms with Crippen LogP contribution in [0.1, 0.15) is 35.3 Å². The number of piperidine rings is 1. The van der Waals surface area contributed by atoms with E-state index in [9.17, 15) is 13.2 Å². The molecule has 0 spiro atoms. The van der Waals surface area contributed by atoms with Gasteiger partial charge in [0.2, 0.25) is 15.9 Å². The molecule has 0 atom stereocenters. The molecule has 3 aromatic rings. The Morgan fingerprint density at radius 2 is 1.84 bits per heavy atom. The predicted octanol–water partition coefficient (Wildman–Crippen LogP) is 3.77. The van der Waals surface area contributed by atoms with Gasteiger partial charge in [0.25, 0.3) is 0 Å². The highest BCUT2D eigenvalue weighted by Gasteiger charge is 2.26. The number of sulfonamides is 1. The number of nitrogens with two attached hydrogens (primary N) is 1. The Morgan fingerprint density at radius 1 is 1.10 bits per heavy atom. The van der Waals surface area contributed by atoms with Crippen molar-refractivity contribution in [2.75, 3.05) is 13.1 Å². The fourth-order valence-electron chi connectivity index (χ4n) is 3.29. The molecule has 1 saturated heterocycles. The summed E-state index contributed by atoms with van der Waals surface area (Å²) in [6, 6.07) is 10.4. The van der Waals surface area contributed by atoms with E-state index in [2.05, 4.69) is 9.97 Å². The van der Waals surface area contributed by atoms with Crippen LogP contribution in [-0.2, 0) is 15.8 Å². The highest BCUT2D eigenvalue weighted by Crippen LogP contribution is 2.28. The van der Waals surface area contributed by atoms with Gasteiger partial charge in [0.15, 0.2) is 0 Å². The first-order valence-electron chi connectivity index (χ1n) is 9.87. The first kappa shape index (κ1) is 21.9. The van der Waals surface area contributed by atoms with E-state index in [1.165, 1.54) is 29.3 Å². The van der Waals surface area contributed by atoms with Gasteiger partial charge in [0.1, 0.15) is 9.90 Å². The summed E-state index contributed by atoms with van der Waals surface area (Å²) in [6.45, 7) is 1.16. The van der Waals surface area contributed by atoms with Gasteiger partial charge >= 0.3 is 0 Å². The number of thiazole rings is 1. The number of nitrogens with zero attached hydrogens (tertiary/aromatic N) is 3. The number of thioether (sulfide) groups is 1. The lowest BCUT2D eigenvalue weighted by Gasteiger charge is -2.25. The van der Waals surface area contributed by atoms with Gasteiger partial charge in [-0.2, -0.15) is 4.31 Å². The summed E-state index contributed by atoms with van der Waals surface area (Å²) in [5.41, 5.74) is 7.58. The van der Waals surface area contributed by atoms with E-state index in [0.29, 0.717) is 24.4 Å². The third-order valence-electron chi connectivity index (χ3n) is 5.00. The molecule has 0 radical (unpaired) electrons. The second-order valence-electron chi connectivity index (χ2n) is 7.17. The lowest BCUT2D eigenvalue weighted by atomic mass is 10.1. The maximum Gasteiger partial charge on any atom is 0.248 e. The number of rotatable bonds is 7. The van der Waals surface area contributed by atoms with E-state index in [4.69, 9.17) is 5.73 Å². The molecule has 4 rings (SSSR count). The first-order chi connectivity index (χ1) is 14.9. The molecule has 7 nitrogen and oxygen atoms in total. The predicted molar refractivity (Wildman–Crippen MR) is 122 cm³/mol. The van der Waals surface area contributed by atoms with E-state index < -0.39 is 15.9 Å². The zero-order chi connectivity index (χ0) is 21.8. The molecule has 2 N–H and O–H groups in total. The van der Waals surface area contributed by atoms with Gasteiger partial charge in [-0.3, -0.25) is 4.79 Å². The van der Waals surface area contributed by atoms with Crippen LogP contribution in [0.4, 0.5) is 0 Å². The summed E-state index contributed by atoms with van der Waals surface area (Å²) >= 11 is 3.03. The summed E-state index contributed by atoms with van der Waals surface area (Å²) in [5, 5.41) is 3.60. The Labute approximate surface area is 189 Å². The van der Waals surface area contributed by atoms with Crippen molar-refractivity contribution in [3.05, 3.63) is 59.2 Å². The van der Waals surface area contributed by atoms with Crippen molar-refractivity contribution >= 4 is 39.0 Å². The largest absolute Gasteiger partial charge is 0.366 e. The van der Waals surface area contributed by atoms with E-state index in [1.807, 2.05) is 17.5 Å². The Balaban J connectivity index is 1.38. The number of hydrogen-bond donors (Lipinski definition) is 1. The van der Waals surface area contributed by atoms with Crippen molar-refractivity contribution in [2.24, 2.45) is 5.73 Å². The highest BCUT2D eigenvalue weighted by molar-refractivity contribution is 7.98. The Hall–Kier alpha value is -2.27. The molecule has 0 unspecified atom stereocenters. The topological polar surface area (TPSA) is 106 Å². The standard InChI is InChI=1S/C21H22N4O3S3/c22-20(26)15-4-6-16(7-5-15)21-24-17(14-30-21)13-29-19-9-8-18(12-23-19)31(27,28)25-10-2-1-3-11-25/h4-9,12,14H,1-3,10-11,13H2,(H2,22,26). The molecule has 2 aromatic heterocycles. The molecule has 162 valence electrons. The number of benzene rings is 1. The van der Waals surface area contributed by atoms with Gasteiger partial charge in [-0.05, 0) is 37.1 Å².